The smallest absolute Gasteiger partial charge is 0.0195 e. The van der Waals surface area contributed by atoms with E-state index in [9.17, 15) is 0 Å². The largest absolute Gasteiger partial charge is 0.333 e. The normalized spacial score (nSPS) is 25.3. The zero-order valence-electron chi connectivity index (χ0n) is 11.0. The Kier molecular flexibility index (Phi) is 15.2. The second-order valence-electron chi connectivity index (χ2n) is 4.38. The Hall–Kier alpha value is -0.0400. The lowest BCUT2D eigenvalue weighted by Gasteiger charge is -2.22. The highest BCUT2D eigenvalue weighted by molar-refractivity contribution is 4.66. The Balaban J connectivity index is 0. The van der Waals surface area contributed by atoms with Gasteiger partial charge in [0.05, 0.1) is 0 Å². The van der Waals surface area contributed by atoms with Crippen LogP contribution in [0.25, 0.3) is 0 Å². The molecule has 1 nitrogen and oxygen atoms in total. The van der Waals surface area contributed by atoms with Crippen LogP contribution in [-0.4, -0.2) is 7.05 Å². The van der Waals surface area contributed by atoms with Crippen molar-refractivity contribution in [3.05, 3.63) is 0 Å². The molecule has 0 aromatic rings. The summed E-state index contributed by atoms with van der Waals surface area (Å²) in [6.45, 7) is 9.10. The first-order chi connectivity index (χ1) is 6.70. The third kappa shape index (κ3) is 12.0. The van der Waals surface area contributed by atoms with Gasteiger partial charge in [-0.05, 0) is 25.3 Å². The third-order valence-corrected chi connectivity index (χ3v) is 2.70. The first kappa shape index (κ1) is 16.4. The number of nitrogens with two attached hydrogens (primary N) is 1. The predicted molar refractivity (Wildman–Crippen MR) is 67.5 cm³/mol. The van der Waals surface area contributed by atoms with Gasteiger partial charge in [0.15, 0.2) is 0 Å². The summed E-state index contributed by atoms with van der Waals surface area (Å²) in [5.74, 6) is 2.03. The monoisotopic (exact) mass is 201 g/mol. The van der Waals surface area contributed by atoms with E-state index in [1.54, 1.807) is 0 Å². The summed E-state index contributed by atoms with van der Waals surface area (Å²) in [6, 6.07) is 0. The molecule has 1 heteroatoms. The molecule has 2 unspecified atom stereocenters. The second kappa shape index (κ2) is 13.0. The zero-order chi connectivity index (χ0) is 11.4. The third-order valence-electron chi connectivity index (χ3n) is 2.70. The lowest BCUT2D eigenvalue weighted by Crippen LogP contribution is -2.09. The van der Waals surface area contributed by atoms with Gasteiger partial charge in [0.25, 0.3) is 0 Å². The summed E-state index contributed by atoms with van der Waals surface area (Å²) in [7, 11) is 1.50. The SMILES string of the molecule is CC1CCCC(C)C1.CCCC.CN. The average Bonchev–Trinajstić information content (AvgIpc) is 2.21. The summed E-state index contributed by atoms with van der Waals surface area (Å²) in [4.78, 5) is 0. The fourth-order valence-electron chi connectivity index (χ4n) is 1.74. The molecule has 1 aliphatic rings. The summed E-state index contributed by atoms with van der Waals surface area (Å²) in [5.41, 5.74) is 4.50. The van der Waals surface area contributed by atoms with Gasteiger partial charge in [-0.1, -0.05) is 59.8 Å². The van der Waals surface area contributed by atoms with Crippen LogP contribution in [0.5, 0.6) is 0 Å². The van der Waals surface area contributed by atoms with Crippen molar-refractivity contribution in [2.45, 2.75) is 66.2 Å². The van der Waals surface area contributed by atoms with Crippen LogP contribution in [0.2, 0.25) is 0 Å². The van der Waals surface area contributed by atoms with Gasteiger partial charge in [0.1, 0.15) is 0 Å². The van der Waals surface area contributed by atoms with Crippen molar-refractivity contribution in [1.82, 2.24) is 0 Å². The van der Waals surface area contributed by atoms with Gasteiger partial charge in [0.2, 0.25) is 0 Å². The van der Waals surface area contributed by atoms with E-state index >= 15 is 0 Å². The molecule has 1 fully saturated rings. The molecule has 0 heterocycles. The van der Waals surface area contributed by atoms with Gasteiger partial charge in [-0.25, -0.2) is 0 Å². The van der Waals surface area contributed by atoms with Gasteiger partial charge in [-0.3, -0.25) is 0 Å². The first-order valence-electron chi connectivity index (χ1n) is 6.28. The molecule has 0 radical (unpaired) electrons. The molecule has 0 spiro atoms. The molecule has 0 aromatic heterocycles. The number of unbranched alkanes of at least 4 members (excludes halogenated alkanes) is 1. The molecule has 1 saturated carbocycles. The Labute approximate surface area is 91.5 Å². The Bertz CT molecular complexity index is 81.2. The number of hydrogen-bond acceptors (Lipinski definition) is 1. The molecular formula is C13H31N. The Morgan fingerprint density at radius 3 is 1.43 bits per heavy atom. The molecule has 0 amide bonds. The first-order valence-corrected chi connectivity index (χ1v) is 6.28. The summed E-state index contributed by atoms with van der Waals surface area (Å²) < 4.78 is 0. The highest BCUT2D eigenvalue weighted by atomic mass is 14.4. The fourth-order valence-corrected chi connectivity index (χ4v) is 1.74. The lowest BCUT2D eigenvalue weighted by atomic mass is 9.84. The van der Waals surface area contributed by atoms with Crippen LogP contribution >= 0.6 is 0 Å². The van der Waals surface area contributed by atoms with Crippen LogP contribution in [0.4, 0.5) is 0 Å². The van der Waals surface area contributed by atoms with E-state index in [4.69, 9.17) is 0 Å². The molecule has 0 saturated heterocycles. The maximum atomic E-state index is 4.50. The van der Waals surface area contributed by atoms with Gasteiger partial charge in [0, 0.05) is 0 Å². The van der Waals surface area contributed by atoms with Crippen LogP contribution in [0, 0.1) is 11.8 Å². The van der Waals surface area contributed by atoms with Crippen molar-refractivity contribution in [3.8, 4) is 0 Å². The topological polar surface area (TPSA) is 26.0 Å². The van der Waals surface area contributed by atoms with E-state index in [-0.39, 0.29) is 0 Å². The van der Waals surface area contributed by atoms with E-state index in [0.717, 1.165) is 11.8 Å². The van der Waals surface area contributed by atoms with Crippen molar-refractivity contribution >= 4 is 0 Å². The fraction of sp³-hybridized carbons (Fsp3) is 1.00. The summed E-state index contributed by atoms with van der Waals surface area (Å²) in [5, 5.41) is 0. The average molecular weight is 201 g/mol. The van der Waals surface area contributed by atoms with Crippen LogP contribution < -0.4 is 5.73 Å². The van der Waals surface area contributed by atoms with Crippen LogP contribution in [-0.2, 0) is 0 Å². The standard InChI is InChI=1S/C8H16.C4H10.CH5N/c1-7-4-3-5-8(2)6-7;1-3-4-2;1-2/h7-8H,3-6H2,1-2H3;3-4H2,1-2H3;2H2,1H3. The van der Waals surface area contributed by atoms with Crippen molar-refractivity contribution in [2.24, 2.45) is 17.6 Å². The van der Waals surface area contributed by atoms with E-state index in [1.807, 2.05) is 0 Å². The molecule has 0 aromatic carbocycles. The molecule has 0 bridgehead atoms. The summed E-state index contributed by atoms with van der Waals surface area (Å²) >= 11 is 0. The van der Waals surface area contributed by atoms with Crippen molar-refractivity contribution in [2.75, 3.05) is 7.05 Å². The Morgan fingerprint density at radius 1 is 0.929 bits per heavy atom. The van der Waals surface area contributed by atoms with Crippen molar-refractivity contribution in [3.63, 3.8) is 0 Å². The minimum atomic E-state index is 1.01. The van der Waals surface area contributed by atoms with Gasteiger partial charge in [-0.15, -0.1) is 0 Å². The predicted octanol–water partition coefficient (Wildman–Crippen LogP) is 4.21. The highest BCUT2D eigenvalue weighted by Gasteiger charge is 2.13. The quantitative estimate of drug-likeness (QED) is 0.675. The maximum absolute atomic E-state index is 4.50. The van der Waals surface area contributed by atoms with E-state index in [2.05, 4.69) is 33.4 Å². The maximum Gasteiger partial charge on any atom is -0.0195 e. The Morgan fingerprint density at radius 2 is 1.29 bits per heavy atom. The molecule has 1 aliphatic carbocycles. The minimum absolute atomic E-state index is 1.01. The number of rotatable bonds is 1. The molecule has 0 aliphatic heterocycles. The van der Waals surface area contributed by atoms with Gasteiger partial charge in [-0.2, -0.15) is 0 Å². The van der Waals surface area contributed by atoms with Crippen molar-refractivity contribution < 1.29 is 0 Å². The minimum Gasteiger partial charge on any atom is -0.333 e. The van der Waals surface area contributed by atoms with E-state index < -0.39 is 0 Å². The molecule has 14 heavy (non-hydrogen) atoms. The molecular weight excluding hydrogens is 170 g/mol. The van der Waals surface area contributed by atoms with E-state index in [1.165, 1.54) is 45.6 Å². The second-order valence-corrected chi connectivity index (χ2v) is 4.38. The molecule has 1 rings (SSSR count). The summed E-state index contributed by atoms with van der Waals surface area (Å²) in [6.07, 6.45) is 8.54. The van der Waals surface area contributed by atoms with Crippen LogP contribution in [0.1, 0.15) is 66.2 Å². The molecule has 2 atom stereocenters. The van der Waals surface area contributed by atoms with Crippen molar-refractivity contribution in [1.29, 1.82) is 0 Å². The van der Waals surface area contributed by atoms with Gasteiger partial charge >= 0.3 is 0 Å². The molecule has 88 valence electrons. The zero-order valence-corrected chi connectivity index (χ0v) is 11.0. The van der Waals surface area contributed by atoms with Gasteiger partial charge < -0.3 is 5.73 Å². The highest BCUT2D eigenvalue weighted by Crippen LogP contribution is 2.27. The van der Waals surface area contributed by atoms with Crippen LogP contribution in [0.15, 0.2) is 0 Å². The molecule has 2 N–H and O–H groups in total. The van der Waals surface area contributed by atoms with Crippen LogP contribution in [0.3, 0.4) is 0 Å². The van der Waals surface area contributed by atoms with E-state index in [0.29, 0.717) is 0 Å². The number of hydrogen-bond donors (Lipinski definition) is 1. The lowest BCUT2D eigenvalue weighted by molar-refractivity contribution is 0.301.